The van der Waals surface area contributed by atoms with E-state index in [-0.39, 0.29) is 16.7 Å². The zero-order valence-corrected chi connectivity index (χ0v) is 11.1. The first-order chi connectivity index (χ1) is 7.79. The fraction of sp³-hybridized carbons (Fsp3) is 0.733. The van der Waals surface area contributed by atoms with E-state index in [9.17, 15) is 9.59 Å². The minimum Gasteiger partial charge on any atom is -0.299 e. The van der Waals surface area contributed by atoms with Crippen LogP contribution in [0.1, 0.15) is 47.0 Å². The SMILES string of the molecule is CC(C)=C1C[C@]2(C)C(=O)[C@@]3(C)CC(=O)[C@@H]2[C@@H]1C3. The molecule has 4 bridgehead atoms. The molecule has 0 heterocycles. The van der Waals surface area contributed by atoms with Crippen molar-refractivity contribution in [2.75, 3.05) is 0 Å². The van der Waals surface area contributed by atoms with Crippen molar-refractivity contribution in [1.82, 2.24) is 0 Å². The van der Waals surface area contributed by atoms with Gasteiger partial charge in [-0.3, -0.25) is 9.59 Å². The summed E-state index contributed by atoms with van der Waals surface area (Å²) in [6.07, 6.45) is 2.21. The molecule has 2 nitrogen and oxygen atoms in total. The fourth-order valence-electron chi connectivity index (χ4n) is 4.79. The third kappa shape index (κ3) is 1.12. The summed E-state index contributed by atoms with van der Waals surface area (Å²) in [6, 6.07) is 0. The lowest BCUT2D eigenvalue weighted by atomic mass is 9.49. The molecule has 4 atom stereocenters. The molecule has 4 fully saturated rings. The quantitative estimate of drug-likeness (QED) is 0.602. The number of ketones is 2. The van der Waals surface area contributed by atoms with Crippen molar-refractivity contribution in [2.45, 2.75) is 47.0 Å². The molecule has 0 aromatic heterocycles. The van der Waals surface area contributed by atoms with E-state index in [1.807, 2.05) is 13.8 Å². The highest BCUT2D eigenvalue weighted by atomic mass is 16.1. The van der Waals surface area contributed by atoms with Crippen molar-refractivity contribution in [3.05, 3.63) is 11.1 Å². The minimum absolute atomic E-state index is 0.0123. The molecular formula is C15H20O2. The summed E-state index contributed by atoms with van der Waals surface area (Å²) in [7, 11) is 0. The van der Waals surface area contributed by atoms with E-state index in [0.29, 0.717) is 23.9 Å². The van der Waals surface area contributed by atoms with Gasteiger partial charge in [0, 0.05) is 23.2 Å². The van der Waals surface area contributed by atoms with E-state index in [1.54, 1.807) is 0 Å². The molecule has 0 amide bonds. The Hall–Kier alpha value is -0.920. The molecule has 0 aromatic rings. The predicted molar refractivity (Wildman–Crippen MR) is 65.4 cm³/mol. The van der Waals surface area contributed by atoms with E-state index in [4.69, 9.17) is 0 Å². The van der Waals surface area contributed by atoms with Gasteiger partial charge in [-0.2, -0.15) is 0 Å². The van der Waals surface area contributed by atoms with Gasteiger partial charge in [0.1, 0.15) is 11.6 Å². The molecule has 0 aliphatic heterocycles. The Labute approximate surface area is 102 Å². The molecule has 0 aromatic carbocycles. The maximum Gasteiger partial charge on any atom is 0.146 e. The lowest BCUT2D eigenvalue weighted by Gasteiger charge is -2.51. The second-order valence-corrected chi connectivity index (χ2v) is 6.94. The van der Waals surface area contributed by atoms with Crippen molar-refractivity contribution >= 4 is 11.6 Å². The van der Waals surface area contributed by atoms with Crippen molar-refractivity contribution in [2.24, 2.45) is 22.7 Å². The van der Waals surface area contributed by atoms with Gasteiger partial charge in [0.2, 0.25) is 0 Å². The van der Waals surface area contributed by atoms with Gasteiger partial charge >= 0.3 is 0 Å². The smallest absolute Gasteiger partial charge is 0.146 e. The van der Waals surface area contributed by atoms with Crippen LogP contribution in [0.15, 0.2) is 11.1 Å². The second kappa shape index (κ2) is 2.90. The van der Waals surface area contributed by atoms with E-state index in [2.05, 4.69) is 13.8 Å². The number of carbonyl (C=O) groups excluding carboxylic acids is 2. The predicted octanol–water partition coefficient (Wildman–Crippen LogP) is 2.92. The summed E-state index contributed by atoms with van der Waals surface area (Å²) < 4.78 is 0. The van der Waals surface area contributed by atoms with E-state index >= 15 is 0 Å². The molecule has 0 radical (unpaired) electrons. The third-order valence-corrected chi connectivity index (χ3v) is 5.38. The van der Waals surface area contributed by atoms with Crippen LogP contribution in [0.2, 0.25) is 0 Å². The molecule has 4 aliphatic carbocycles. The number of hydrogen-bond donors (Lipinski definition) is 0. The molecule has 0 spiro atoms. The first-order valence-corrected chi connectivity index (χ1v) is 6.53. The number of allylic oxidation sites excluding steroid dienone is 2. The Kier molecular flexibility index (Phi) is 1.91. The summed E-state index contributed by atoms with van der Waals surface area (Å²) in [4.78, 5) is 24.9. The molecular weight excluding hydrogens is 212 g/mol. The highest BCUT2D eigenvalue weighted by molar-refractivity contribution is 6.05. The summed E-state index contributed by atoms with van der Waals surface area (Å²) in [6.45, 7) is 8.26. The van der Waals surface area contributed by atoms with Crippen LogP contribution in [-0.2, 0) is 9.59 Å². The Bertz CT molecular complexity index is 469. The standard InChI is InChI=1S/C15H20O2/c1-8(2)9-6-15(4)12-10(9)5-14(3,13(15)17)7-11(12)16/h10,12H,5-7H2,1-4H3/t10-,12+,14-,15+/m1/s1. The van der Waals surface area contributed by atoms with Crippen molar-refractivity contribution in [3.63, 3.8) is 0 Å². The molecule has 92 valence electrons. The van der Waals surface area contributed by atoms with Crippen LogP contribution in [0.5, 0.6) is 0 Å². The lowest BCUT2D eigenvalue weighted by Crippen LogP contribution is -2.57. The van der Waals surface area contributed by atoms with Gasteiger partial charge < -0.3 is 0 Å². The van der Waals surface area contributed by atoms with E-state index in [0.717, 1.165) is 12.8 Å². The van der Waals surface area contributed by atoms with Gasteiger partial charge in [-0.05, 0) is 32.6 Å². The molecule has 4 rings (SSSR count). The number of carbonyl (C=O) groups is 2. The van der Waals surface area contributed by atoms with Gasteiger partial charge in [0.25, 0.3) is 0 Å². The van der Waals surface area contributed by atoms with Crippen LogP contribution in [-0.4, -0.2) is 11.6 Å². The maximum absolute atomic E-state index is 12.6. The highest BCUT2D eigenvalue weighted by Gasteiger charge is 2.68. The molecule has 0 saturated heterocycles. The van der Waals surface area contributed by atoms with Crippen LogP contribution < -0.4 is 0 Å². The molecule has 0 unspecified atom stereocenters. The molecule has 2 heteroatoms. The van der Waals surface area contributed by atoms with Gasteiger partial charge in [0.05, 0.1) is 0 Å². The number of Topliss-reactive ketones (excluding diaryl/α,β-unsaturated/α-hetero) is 2. The Morgan fingerprint density at radius 3 is 2.41 bits per heavy atom. The van der Waals surface area contributed by atoms with Crippen LogP contribution >= 0.6 is 0 Å². The first kappa shape index (κ1) is 11.2. The average Bonchev–Trinajstić information content (AvgIpc) is 2.47. The molecule has 17 heavy (non-hydrogen) atoms. The monoisotopic (exact) mass is 232 g/mol. The van der Waals surface area contributed by atoms with Crippen LogP contribution in [0.25, 0.3) is 0 Å². The Morgan fingerprint density at radius 2 is 1.82 bits per heavy atom. The lowest BCUT2D eigenvalue weighted by molar-refractivity contribution is -0.162. The van der Waals surface area contributed by atoms with E-state index in [1.165, 1.54) is 11.1 Å². The van der Waals surface area contributed by atoms with Crippen molar-refractivity contribution < 1.29 is 9.59 Å². The Balaban J connectivity index is 2.22. The topological polar surface area (TPSA) is 34.1 Å². The summed E-state index contributed by atoms with van der Waals surface area (Å²) in [5.74, 6) is 1.03. The van der Waals surface area contributed by atoms with Gasteiger partial charge in [0.15, 0.2) is 0 Å². The molecule has 0 N–H and O–H groups in total. The van der Waals surface area contributed by atoms with E-state index < -0.39 is 0 Å². The zero-order chi connectivity index (χ0) is 12.6. The number of rotatable bonds is 0. The highest BCUT2D eigenvalue weighted by Crippen LogP contribution is 2.66. The van der Waals surface area contributed by atoms with Crippen molar-refractivity contribution in [3.8, 4) is 0 Å². The van der Waals surface area contributed by atoms with Crippen LogP contribution in [0.3, 0.4) is 0 Å². The third-order valence-electron chi connectivity index (χ3n) is 5.38. The summed E-state index contributed by atoms with van der Waals surface area (Å²) in [5, 5.41) is 0. The maximum atomic E-state index is 12.6. The van der Waals surface area contributed by atoms with Gasteiger partial charge in [-0.1, -0.05) is 25.0 Å². The molecule has 4 saturated carbocycles. The summed E-state index contributed by atoms with van der Waals surface area (Å²) in [5.41, 5.74) is 1.94. The normalized spacial score (nSPS) is 47.9. The Morgan fingerprint density at radius 1 is 1.18 bits per heavy atom. The first-order valence-electron chi connectivity index (χ1n) is 6.53. The summed E-state index contributed by atoms with van der Waals surface area (Å²) >= 11 is 0. The fourth-order valence-corrected chi connectivity index (χ4v) is 4.79. The van der Waals surface area contributed by atoms with Gasteiger partial charge in [-0.15, -0.1) is 0 Å². The largest absolute Gasteiger partial charge is 0.299 e. The number of hydrogen-bond acceptors (Lipinski definition) is 2. The average molecular weight is 232 g/mol. The second-order valence-electron chi connectivity index (χ2n) is 6.94. The zero-order valence-electron chi connectivity index (χ0n) is 11.1. The van der Waals surface area contributed by atoms with Gasteiger partial charge in [-0.25, -0.2) is 0 Å². The molecule has 4 aliphatic rings. The van der Waals surface area contributed by atoms with Crippen LogP contribution in [0, 0.1) is 22.7 Å². The van der Waals surface area contributed by atoms with Crippen LogP contribution in [0.4, 0.5) is 0 Å². The minimum atomic E-state index is -0.389. The number of fused-ring (bicyclic) bond motifs is 1. The van der Waals surface area contributed by atoms with Crippen molar-refractivity contribution in [1.29, 1.82) is 0 Å².